The topological polar surface area (TPSA) is 61.0 Å². The molecule has 1 saturated carbocycles. The summed E-state index contributed by atoms with van der Waals surface area (Å²) in [5.41, 5.74) is 2.24. The summed E-state index contributed by atoms with van der Waals surface area (Å²) >= 11 is 3.40. The van der Waals surface area contributed by atoms with Crippen molar-refractivity contribution in [1.29, 1.82) is 0 Å². The molecule has 1 aromatic heterocycles. The van der Waals surface area contributed by atoms with Crippen LogP contribution in [0.1, 0.15) is 23.3 Å². The summed E-state index contributed by atoms with van der Waals surface area (Å²) in [6.07, 6.45) is 2.56. The van der Waals surface area contributed by atoms with E-state index < -0.39 is 0 Å². The van der Waals surface area contributed by atoms with E-state index in [1.807, 2.05) is 24.3 Å². The van der Waals surface area contributed by atoms with Crippen molar-refractivity contribution in [1.82, 2.24) is 20.4 Å². The first-order valence-electron chi connectivity index (χ1n) is 7.43. The maximum atomic E-state index is 12.1. The number of likely N-dealkylation sites (N-methyl/N-ethyl adjacent to an activating group) is 1. The summed E-state index contributed by atoms with van der Waals surface area (Å²) in [7, 11) is 2.10. The second-order valence-electron chi connectivity index (χ2n) is 5.64. The minimum atomic E-state index is -0.111. The molecule has 0 radical (unpaired) electrons. The van der Waals surface area contributed by atoms with E-state index >= 15 is 0 Å². The van der Waals surface area contributed by atoms with Gasteiger partial charge in [0.15, 0.2) is 0 Å². The van der Waals surface area contributed by atoms with Gasteiger partial charge in [0.2, 0.25) is 0 Å². The van der Waals surface area contributed by atoms with Crippen LogP contribution in [-0.4, -0.2) is 47.2 Å². The molecule has 3 rings (SSSR count). The fourth-order valence-corrected chi connectivity index (χ4v) is 2.61. The van der Waals surface area contributed by atoms with Gasteiger partial charge in [0, 0.05) is 29.2 Å². The molecule has 0 unspecified atom stereocenters. The van der Waals surface area contributed by atoms with Gasteiger partial charge in [0.1, 0.15) is 5.69 Å². The van der Waals surface area contributed by atoms with E-state index in [2.05, 4.69) is 43.4 Å². The molecule has 1 aliphatic rings. The van der Waals surface area contributed by atoms with E-state index in [0.717, 1.165) is 22.3 Å². The number of halogens is 1. The fourth-order valence-electron chi connectivity index (χ4n) is 2.35. The van der Waals surface area contributed by atoms with Gasteiger partial charge in [-0.1, -0.05) is 28.1 Å². The molecule has 0 aliphatic heterocycles. The zero-order valence-corrected chi connectivity index (χ0v) is 14.1. The molecule has 0 atom stereocenters. The number of carbonyl (C=O) groups is 1. The Morgan fingerprint density at radius 1 is 1.41 bits per heavy atom. The van der Waals surface area contributed by atoms with Crippen molar-refractivity contribution in [2.75, 3.05) is 20.1 Å². The number of hydrogen-bond acceptors (Lipinski definition) is 3. The minimum absolute atomic E-state index is 0.111. The molecule has 2 N–H and O–H groups in total. The number of amides is 1. The van der Waals surface area contributed by atoms with Crippen LogP contribution in [0.3, 0.4) is 0 Å². The van der Waals surface area contributed by atoms with Crippen LogP contribution in [-0.2, 0) is 0 Å². The number of H-pyrrole nitrogens is 1. The highest BCUT2D eigenvalue weighted by molar-refractivity contribution is 9.10. The number of nitrogens with one attached hydrogen (secondary N) is 2. The van der Waals surface area contributed by atoms with Crippen LogP contribution in [0.5, 0.6) is 0 Å². The van der Waals surface area contributed by atoms with Crippen LogP contribution in [0.25, 0.3) is 11.3 Å². The van der Waals surface area contributed by atoms with Gasteiger partial charge in [-0.05, 0) is 38.1 Å². The van der Waals surface area contributed by atoms with Crippen molar-refractivity contribution in [2.45, 2.75) is 18.9 Å². The lowest BCUT2D eigenvalue weighted by molar-refractivity contribution is 0.0944. The van der Waals surface area contributed by atoms with Gasteiger partial charge in [-0.15, -0.1) is 0 Å². The van der Waals surface area contributed by atoms with Gasteiger partial charge in [-0.2, -0.15) is 5.10 Å². The maximum absolute atomic E-state index is 12.1. The number of nitrogens with zero attached hydrogens (tertiary/aromatic N) is 2. The van der Waals surface area contributed by atoms with E-state index in [9.17, 15) is 4.79 Å². The third-order valence-corrected chi connectivity index (χ3v) is 4.41. The van der Waals surface area contributed by atoms with E-state index in [0.29, 0.717) is 18.3 Å². The first kappa shape index (κ1) is 15.2. The van der Waals surface area contributed by atoms with Gasteiger partial charge in [-0.3, -0.25) is 9.89 Å². The van der Waals surface area contributed by atoms with Gasteiger partial charge < -0.3 is 10.2 Å². The van der Waals surface area contributed by atoms with Gasteiger partial charge in [0.25, 0.3) is 5.91 Å². The zero-order valence-electron chi connectivity index (χ0n) is 12.5. The summed E-state index contributed by atoms with van der Waals surface area (Å²) in [6, 6.07) is 10.3. The average Bonchev–Trinajstić information content (AvgIpc) is 3.25. The number of hydrogen-bond donors (Lipinski definition) is 2. The second-order valence-corrected chi connectivity index (χ2v) is 6.56. The molecular weight excluding hydrogens is 344 g/mol. The third-order valence-electron chi connectivity index (χ3n) is 3.88. The smallest absolute Gasteiger partial charge is 0.269 e. The Bertz CT molecular complexity index is 648. The SMILES string of the molecule is CN(CCNC(=O)c1cc(-c2ccc(Br)cc2)n[nH]1)C1CC1. The van der Waals surface area contributed by atoms with Crippen molar-refractivity contribution in [2.24, 2.45) is 0 Å². The molecule has 116 valence electrons. The van der Waals surface area contributed by atoms with Crippen LogP contribution in [0.4, 0.5) is 0 Å². The quantitative estimate of drug-likeness (QED) is 0.830. The lowest BCUT2D eigenvalue weighted by atomic mass is 10.1. The second kappa shape index (κ2) is 6.62. The largest absolute Gasteiger partial charge is 0.349 e. The Kier molecular flexibility index (Phi) is 4.59. The first-order chi connectivity index (χ1) is 10.6. The van der Waals surface area contributed by atoms with Crippen molar-refractivity contribution in [3.63, 3.8) is 0 Å². The van der Waals surface area contributed by atoms with Gasteiger partial charge in [0.05, 0.1) is 5.69 Å². The Morgan fingerprint density at radius 2 is 2.14 bits per heavy atom. The summed E-state index contributed by atoms with van der Waals surface area (Å²) in [5, 5.41) is 9.94. The molecule has 1 aliphatic carbocycles. The van der Waals surface area contributed by atoms with E-state index in [1.54, 1.807) is 6.07 Å². The molecule has 5 nitrogen and oxygen atoms in total. The summed E-state index contributed by atoms with van der Waals surface area (Å²) in [6.45, 7) is 1.53. The molecular formula is C16H19BrN4O. The molecule has 1 heterocycles. The number of rotatable bonds is 6. The predicted octanol–water partition coefficient (Wildman–Crippen LogP) is 2.66. The average molecular weight is 363 g/mol. The predicted molar refractivity (Wildman–Crippen MR) is 89.7 cm³/mol. The highest BCUT2D eigenvalue weighted by Crippen LogP contribution is 2.24. The number of benzene rings is 1. The Hall–Kier alpha value is -1.66. The van der Waals surface area contributed by atoms with Crippen molar-refractivity contribution in [3.05, 3.63) is 40.5 Å². The third kappa shape index (κ3) is 3.75. The van der Waals surface area contributed by atoms with Gasteiger partial charge >= 0.3 is 0 Å². The minimum Gasteiger partial charge on any atom is -0.349 e. The monoisotopic (exact) mass is 362 g/mol. The number of aromatic nitrogens is 2. The maximum Gasteiger partial charge on any atom is 0.269 e. The number of carbonyl (C=O) groups excluding carboxylic acids is 1. The molecule has 1 amide bonds. The summed E-state index contributed by atoms with van der Waals surface area (Å²) < 4.78 is 1.02. The molecule has 1 fully saturated rings. The normalized spacial score (nSPS) is 14.3. The molecule has 2 aromatic rings. The van der Waals surface area contributed by atoms with Crippen molar-refractivity contribution < 1.29 is 4.79 Å². The van der Waals surface area contributed by atoms with Crippen LogP contribution < -0.4 is 5.32 Å². The molecule has 1 aromatic carbocycles. The van der Waals surface area contributed by atoms with Gasteiger partial charge in [-0.25, -0.2) is 0 Å². The molecule has 0 bridgehead atoms. The Morgan fingerprint density at radius 3 is 2.82 bits per heavy atom. The van der Waals surface area contributed by atoms with Crippen LogP contribution >= 0.6 is 15.9 Å². The van der Waals surface area contributed by atoms with E-state index in [-0.39, 0.29) is 5.91 Å². The first-order valence-corrected chi connectivity index (χ1v) is 8.22. The summed E-state index contributed by atoms with van der Waals surface area (Å²) in [5.74, 6) is -0.111. The molecule has 0 saturated heterocycles. The Balaban J connectivity index is 1.55. The van der Waals surface area contributed by atoms with Crippen LogP contribution in [0.15, 0.2) is 34.8 Å². The molecule has 6 heteroatoms. The standard InChI is InChI=1S/C16H19BrN4O/c1-21(13-6-7-13)9-8-18-16(22)15-10-14(19-20-15)11-2-4-12(17)5-3-11/h2-5,10,13H,6-9H2,1H3,(H,18,22)(H,19,20). The lowest BCUT2D eigenvalue weighted by Crippen LogP contribution is -2.34. The zero-order chi connectivity index (χ0) is 15.5. The fraction of sp³-hybridized carbons (Fsp3) is 0.375. The molecule has 22 heavy (non-hydrogen) atoms. The Labute approximate surface area is 138 Å². The van der Waals surface area contributed by atoms with Crippen molar-refractivity contribution in [3.8, 4) is 11.3 Å². The van der Waals surface area contributed by atoms with E-state index in [1.165, 1.54) is 12.8 Å². The number of aromatic amines is 1. The highest BCUT2D eigenvalue weighted by Gasteiger charge is 2.25. The van der Waals surface area contributed by atoms with Crippen LogP contribution in [0.2, 0.25) is 0 Å². The van der Waals surface area contributed by atoms with E-state index in [4.69, 9.17) is 0 Å². The highest BCUT2D eigenvalue weighted by atomic mass is 79.9. The molecule has 0 spiro atoms. The lowest BCUT2D eigenvalue weighted by Gasteiger charge is -2.15. The van der Waals surface area contributed by atoms with Crippen LogP contribution in [0, 0.1) is 0 Å². The summed E-state index contributed by atoms with van der Waals surface area (Å²) in [4.78, 5) is 14.4. The van der Waals surface area contributed by atoms with Crippen molar-refractivity contribution >= 4 is 21.8 Å².